The summed E-state index contributed by atoms with van der Waals surface area (Å²) in [6.45, 7) is 3.89. The summed E-state index contributed by atoms with van der Waals surface area (Å²) in [7, 11) is 0. The summed E-state index contributed by atoms with van der Waals surface area (Å²) in [5, 5.41) is 5.16. The van der Waals surface area contributed by atoms with Crippen LogP contribution in [0.25, 0.3) is 0 Å². The molecule has 1 fully saturated rings. The zero-order valence-electron chi connectivity index (χ0n) is 14.1. The maximum Gasteiger partial charge on any atom is 0.280 e. The van der Waals surface area contributed by atoms with E-state index in [0.29, 0.717) is 15.8 Å². The third-order valence-electron chi connectivity index (χ3n) is 4.27. The number of carbonyl (C=O) groups excluding carboxylic acids is 1. The molecular formula is C18H24Cl2N2O2. The van der Waals surface area contributed by atoms with Gasteiger partial charge in [-0.15, -0.1) is 0 Å². The molecule has 0 bridgehead atoms. The first-order valence-electron chi connectivity index (χ1n) is 8.46. The minimum atomic E-state index is -0.690. The van der Waals surface area contributed by atoms with Crippen LogP contribution in [0.1, 0.15) is 52.4 Å². The van der Waals surface area contributed by atoms with Gasteiger partial charge < -0.3 is 4.74 Å². The lowest BCUT2D eigenvalue weighted by Crippen LogP contribution is -2.34. The maximum absolute atomic E-state index is 12.1. The first kappa shape index (κ1) is 19.1. The van der Waals surface area contributed by atoms with Crippen LogP contribution in [-0.4, -0.2) is 17.7 Å². The van der Waals surface area contributed by atoms with E-state index in [1.54, 1.807) is 25.1 Å². The molecule has 1 aromatic rings. The molecule has 1 aliphatic rings. The molecule has 24 heavy (non-hydrogen) atoms. The van der Waals surface area contributed by atoms with Gasteiger partial charge in [-0.05, 0) is 56.7 Å². The molecular weight excluding hydrogens is 347 g/mol. The van der Waals surface area contributed by atoms with Gasteiger partial charge in [0.2, 0.25) is 0 Å². The van der Waals surface area contributed by atoms with Crippen LogP contribution in [0.15, 0.2) is 23.3 Å². The lowest BCUT2D eigenvalue weighted by atomic mass is 9.85. The van der Waals surface area contributed by atoms with Crippen molar-refractivity contribution in [2.75, 3.05) is 0 Å². The van der Waals surface area contributed by atoms with Gasteiger partial charge in [0.05, 0.1) is 5.02 Å². The fourth-order valence-corrected chi connectivity index (χ4v) is 3.31. The maximum atomic E-state index is 12.1. The highest BCUT2D eigenvalue weighted by molar-refractivity contribution is 6.35. The highest BCUT2D eigenvalue weighted by atomic mass is 35.5. The predicted molar refractivity (Wildman–Crippen MR) is 99.0 cm³/mol. The number of benzene rings is 1. The average Bonchev–Trinajstić information content (AvgIpc) is 2.56. The number of halogens is 2. The molecule has 1 aromatic carbocycles. The lowest BCUT2D eigenvalue weighted by Gasteiger charge is -2.22. The van der Waals surface area contributed by atoms with E-state index < -0.39 is 6.10 Å². The largest absolute Gasteiger partial charge is 0.479 e. The van der Waals surface area contributed by atoms with Crippen molar-refractivity contribution < 1.29 is 9.53 Å². The number of amides is 1. The van der Waals surface area contributed by atoms with E-state index in [1.807, 2.05) is 0 Å². The van der Waals surface area contributed by atoms with E-state index >= 15 is 0 Å². The fraction of sp³-hybridized carbons (Fsp3) is 0.556. The van der Waals surface area contributed by atoms with Crippen molar-refractivity contribution in [1.29, 1.82) is 0 Å². The molecule has 1 atom stereocenters. The highest BCUT2D eigenvalue weighted by Gasteiger charge is 2.19. The Bertz CT molecular complexity index is 595. The fourth-order valence-electron chi connectivity index (χ4n) is 2.86. The lowest BCUT2D eigenvalue weighted by molar-refractivity contribution is -0.127. The third-order valence-corrected chi connectivity index (χ3v) is 4.80. The van der Waals surface area contributed by atoms with Crippen LogP contribution in [0, 0.1) is 5.92 Å². The van der Waals surface area contributed by atoms with Crippen molar-refractivity contribution in [1.82, 2.24) is 5.43 Å². The van der Waals surface area contributed by atoms with Crippen LogP contribution in [-0.2, 0) is 4.79 Å². The Morgan fingerprint density at radius 2 is 2.08 bits per heavy atom. The van der Waals surface area contributed by atoms with E-state index in [9.17, 15) is 4.79 Å². The number of rotatable bonds is 6. The Balaban J connectivity index is 1.82. The smallest absolute Gasteiger partial charge is 0.280 e. The molecule has 1 N–H and O–H groups in total. The first-order chi connectivity index (χ1) is 11.5. The molecule has 1 unspecified atom stereocenters. The quantitative estimate of drug-likeness (QED) is 0.697. The molecule has 6 heteroatoms. The van der Waals surface area contributed by atoms with Crippen LogP contribution >= 0.6 is 23.2 Å². The third kappa shape index (κ3) is 5.67. The summed E-state index contributed by atoms with van der Waals surface area (Å²) in [5.74, 6) is 0.944. The number of hydrogen-bond acceptors (Lipinski definition) is 3. The van der Waals surface area contributed by atoms with Gasteiger partial charge in [-0.1, -0.05) is 43.0 Å². The van der Waals surface area contributed by atoms with E-state index in [-0.39, 0.29) is 5.91 Å². The predicted octanol–water partition coefficient (Wildman–Crippen LogP) is 5.22. The number of hydrazone groups is 1. The van der Waals surface area contributed by atoms with Gasteiger partial charge in [0, 0.05) is 10.7 Å². The molecule has 0 radical (unpaired) electrons. The minimum Gasteiger partial charge on any atom is -0.479 e. The van der Waals surface area contributed by atoms with E-state index in [0.717, 1.165) is 37.3 Å². The van der Waals surface area contributed by atoms with Crippen molar-refractivity contribution in [3.05, 3.63) is 28.2 Å². The summed E-state index contributed by atoms with van der Waals surface area (Å²) in [4.78, 5) is 12.1. The zero-order chi connectivity index (χ0) is 17.5. The molecule has 1 aliphatic carbocycles. The molecule has 0 heterocycles. The second kappa shape index (κ2) is 9.28. The Kier molecular flexibility index (Phi) is 7.38. The number of nitrogens with zero attached hydrogens (tertiary/aromatic N) is 1. The molecule has 2 rings (SSSR count). The molecule has 0 aromatic heterocycles. The number of ether oxygens (including phenoxy) is 1. The number of nitrogens with one attached hydrogen (secondary N) is 1. The van der Waals surface area contributed by atoms with Crippen LogP contribution in [0.4, 0.5) is 0 Å². The molecule has 0 spiro atoms. The highest BCUT2D eigenvalue weighted by Crippen LogP contribution is 2.28. The van der Waals surface area contributed by atoms with Crippen molar-refractivity contribution in [2.24, 2.45) is 11.0 Å². The van der Waals surface area contributed by atoms with E-state index in [1.165, 1.54) is 12.8 Å². The first-order valence-corrected chi connectivity index (χ1v) is 9.22. The van der Waals surface area contributed by atoms with Gasteiger partial charge in [0.1, 0.15) is 5.75 Å². The zero-order valence-corrected chi connectivity index (χ0v) is 15.7. The summed E-state index contributed by atoms with van der Waals surface area (Å²) >= 11 is 11.9. The van der Waals surface area contributed by atoms with Gasteiger partial charge in [-0.25, -0.2) is 5.43 Å². The van der Waals surface area contributed by atoms with Crippen molar-refractivity contribution >= 4 is 34.8 Å². The van der Waals surface area contributed by atoms with Crippen LogP contribution in [0.2, 0.25) is 10.0 Å². The van der Waals surface area contributed by atoms with E-state index in [4.69, 9.17) is 27.9 Å². The Morgan fingerprint density at radius 1 is 1.38 bits per heavy atom. The normalized spacial score (nSPS) is 18.8. The second-order valence-corrected chi connectivity index (χ2v) is 7.06. The van der Waals surface area contributed by atoms with Crippen molar-refractivity contribution in [3.8, 4) is 5.75 Å². The molecule has 1 saturated carbocycles. The van der Waals surface area contributed by atoms with Gasteiger partial charge in [0.15, 0.2) is 6.10 Å². The van der Waals surface area contributed by atoms with Gasteiger partial charge in [-0.2, -0.15) is 5.10 Å². The summed E-state index contributed by atoms with van der Waals surface area (Å²) in [6.07, 6.45) is 6.07. The van der Waals surface area contributed by atoms with Crippen LogP contribution in [0.5, 0.6) is 5.75 Å². The summed E-state index contributed by atoms with van der Waals surface area (Å²) in [6, 6.07) is 4.90. The van der Waals surface area contributed by atoms with Gasteiger partial charge in [0.25, 0.3) is 5.91 Å². The van der Waals surface area contributed by atoms with Gasteiger partial charge >= 0.3 is 0 Å². The average molecular weight is 371 g/mol. The van der Waals surface area contributed by atoms with Gasteiger partial charge in [-0.3, -0.25) is 4.79 Å². The van der Waals surface area contributed by atoms with Crippen molar-refractivity contribution in [3.63, 3.8) is 0 Å². The number of carbonyl (C=O) groups is 1. The molecule has 0 aliphatic heterocycles. The standard InChI is InChI=1S/C18H24Cl2N2O2/c1-3-4-13-5-8-15(9-6-13)21-22-18(23)12(2)24-17-10-7-14(19)11-16(17)20/h7,10-13H,3-6,8-9H2,1-2H3,(H,22,23). The molecule has 0 saturated heterocycles. The van der Waals surface area contributed by atoms with Crippen LogP contribution < -0.4 is 10.2 Å². The summed E-state index contributed by atoms with van der Waals surface area (Å²) < 4.78 is 5.58. The van der Waals surface area contributed by atoms with Crippen LogP contribution in [0.3, 0.4) is 0 Å². The topological polar surface area (TPSA) is 50.7 Å². The second-order valence-electron chi connectivity index (χ2n) is 6.22. The molecule has 132 valence electrons. The minimum absolute atomic E-state index is 0.288. The number of hydrogen-bond donors (Lipinski definition) is 1. The monoisotopic (exact) mass is 370 g/mol. The van der Waals surface area contributed by atoms with Crippen molar-refractivity contribution in [2.45, 2.75) is 58.5 Å². The Hall–Kier alpha value is -1.26. The summed E-state index contributed by atoms with van der Waals surface area (Å²) in [5.41, 5.74) is 3.67. The Morgan fingerprint density at radius 3 is 2.71 bits per heavy atom. The van der Waals surface area contributed by atoms with E-state index in [2.05, 4.69) is 17.5 Å². The SMILES string of the molecule is CCCC1CCC(=NNC(=O)C(C)Oc2ccc(Cl)cc2Cl)CC1. The molecule has 1 amide bonds. The molecule has 4 nitrogen and oxygen atoms in total. The Labute approximate surface area is 153 Å².